The second-order valence-corrected chi connectivity index (χ2v) is 9.14. The lowest BCUT2D eigenvalue weighted by atomic mass is 10.2. The van der Waals surface area contributed by atoms with Crippen LogP contribution in [0, 0.1) is 5.92 Å². The van der Waals surface area contributed by atoms with E-state index in [1.807, 2.05) is 13.1 Å². The van der Waals surface area contributed by atoms with Gasteiger partial charge in [-0.15, -0.1) is 10.2 Å². The first-order chi connectivity index (χ1) is 15.1. The summed E-state index contributed by atoms with van der Waals surface area (Å²) in [6.07, 6.45) is 8.19. The molecule has 3 heterocycles. The molecule has 2 aromatic heterocycles. The van der Waals surface area contributed by atoms with Crippen molar-refractivity contribution in [3.63, 3.8) is 0 Å². The largest absolute Gasteiger partial charge is 0.468 e. The summed E-state index contributed by atoms with van der Waals surface area (Å²) in [5, 5.41) is 16.7. The molecule has 0 amide bonds. The molecule has 0 aromatic carbocycles. The topological polar surface area (TPSA) is 83.5 Å². The Morgan fingerprint density at radius 2 is 2.06 bits per heavy atom. The van der Waals surface area contributed by atoms with Gasteiger partial charge in [-0.1, -0.05) is 25.6 Å². The van der Waals surface area contributed by atoms with E-state index >= 15 is 0 Å². The van der Waals surface area contributed by atoms with Crippen LogP contribution in [-0.4, -0.2) is 65.1 Å². The summed E-state index contributed by atoms with van der Waals surface area (Å²) >= 11 is 1.66. The molecule has 0 bridgehead atoms. The molecule has 1 unspecified atom stereocenters. The molecule has 31 heavy (non-hydrogen) atoms. The highest BCUT2D eigenvalue weighted by molar-refractivity contribution is 7.98. The molecule has 1 aliphatic heterocycles. The van der Waals surface area contributed by atoms with Crippen LogP contribution < -0.4 is 10.6 Å². The fourth-order valence-electron chi connectivity index (χ4n) is 4.01. The van der Waals surface area contributed by atoms with Crippen LogP contribution in [0.3, 0.4) is 0 Å². The Hall–Kier alpha value is -2.00. The molecular weight excluding hydrogens is 410 g/mol. The highest BCUT2D eigenvalue weighted by Crippen LogP contribution is 2.24. The molecule has 9 heteroatoms. The van der Waals surface area contributed by atoms with Gasteiger partial charge in [0.25, 0.3) is 0 Å². The number of thioether (sulfide) groups is 1. The third-order valence-corrected chi connectivity index (χ3v) is 6.20. The minimum atomic E-state index is 0.232. The number of likely N-dealkylation sites (tertiary alicyclic amines) is 1. The third kappa shape index (κ3) is 6.74. The van der Waals surface area contributed by atoms with Gasteiger partial charge in [-0.3, -0.25) is 9.89 Å². The van der Waals surface area contributed by atoms with Crippen molar-refractivity contribution in [1.29, 1.82) is 0 Å². The van der Waals surface area contributed by atoms with E-state index < -0.39 is 0 Å². The molecule has 8 nitrogen and oxygen atoms in total. The van der Waals surface area contributed by atoms with Crippen molar-refractivity contribution in [2.24, 2.45) is 10.9 Å². The van der Waals surface area contributed by atoms with Crippen molar-refractivity contribution in [3.8, 4) is 0 Å². The number of guanidine groups is 1. The lowest BCUT2D eigenvalue weighted by Crippen LogP contribution is -2.43. The van der Waals surface area contributed by atoms with Gasteiger partial charge in [0, 0.05) is 33.1 Å². The Balaban J connectivity index is 1.47. The lowest BCUT2D eigenvalue weighted by Gasteiger charge is -2.26. The second-order valence-electron chi connectivity index (χ2n) is 8.37. The molecule has 1 saturated heterocycles. The highest BCUT2D eigenvalue weighted by Gasteiger charge is 2.25. The summed E-state index contributed by atoms with van der Waals surface area (Å²) in [5.74, 6) is 3.47. The van der Waals surface area contributed by atoms with E-state index in [1.54, 1.807) is 18.0 Å². The Labute approximate surface area is 190 Å². The van der Waals surface area contributed by atoms with E-state index in [0.717, 1.165) is 68.3 Å². The molecule has 1 aliphatic rings. The minimum absolute atomic E-state index is 0.232. The number of furan rings is 1. The van der Waals surface area contributed by atoms with Gasteiger partial charge in [0.05, 0.1) is 12.3 Å². The molecular formula is C22H37N7OS. The zero-order chi connectivity index (χ0) is 22.1. The third-order valence-electron chi connectivity index (χ3n) is 5.53. The fourth-order valence-corrected chi connectivity index (χ4v) is 4.54. The van der Waals surface area contributed by atoms with Crippen LogP contribution in [-0.2, 0) is 13.0 Å². The standard InChI is InChI=1S/C22H37N7OS/c1-17(2)16-29-20(26-27-22(29)31-4)10-7-11-24-21(23-3)25-15-18(19-9-8-14-30-19)28-12-5-6-13-28/h8-9,14,17-18H,5-7,10-13,15-16H2,1-4H3,(H2,23,24,25). The second kappa shape index (κ2) is 12.1. The molecule has 2 N–H and O–H groups in total. The SMILES string of the molecule is CN=C(NCCCc1nnc(SC)n1CC(C)C)NCC(c1ccco1)N1CCCC1. The average Bonchev–Trinajstić information content (AvgIpc) is 3.52. The zero-order valence-corrected chi connectivity index (χ0v) is 20.1. The van der Waals surface area contributed by atoms with Crippen molar-refractivity contribution < 1.29 is 4.42 Å². The number of aromatic nitrogens is 3. The minimum Gasteiger partial charge on any atom is -0.468 e. The Morgan fingerprint density at radius 1 is 1.26 bits per heavy atom. The number of hydrogen-bond acceptors (Lipinski definition) is 6. The van der Waals surface area contributed by atoms with Gasteiger partial charge >= 0.3 is 0 Å². The maximum Gasteiger partial charge on any atom is 0.191 e. The summed E-state index contributed by atoms with van der Waals surface area (Å²) in [7, 11) is 1.82. The number of rotatable bonds is 11. The van der Waals surface area contributed by atoms with Crippen LogP contribution in [0.25, 0.3) is 0 Å². The normalized spacial score (nSPS) is 16.2. The van der Waals surface area contributed by atoms with E-state index in [1.165, 1.54) is 12.8 Å². The highest BCUT2D eigenvalue weighted by atomic mass is 32.2. The van der Waals surface area contributed by atoms with Gasteiger partial charge in [0.15, 0.2) is 11.1 Å². The summed E-state index contributed by atoms with van der Waals surface area (Å²) in [5.41, 5.74) is 0. The first kappa shape index (κ1) is 23.7. The summed E-state index contributed by atoms with van der Waals surface area (Å²) in [6, 6.07) is 4.26. The molecule has 0 aliphatic carbocycles. The van der Waals surface area contributed by atoms with Crippen molar-refractivity contribution >= 4 is 17.7 Å². The lowest BCUT2D eigenvalue weighted by molar-refractivity contribution is 0.215. The molecule has 0 radical (unpaired) electrons. The zero-order valence-electron chi connectivity index (χ0n) is 19.3. The van der Waals surface area contributed by atoms with Crippen molar-refractivity contribution in [3.05, 3.63) is 30.0 Å². The Morgan fingerprint density at radius 3 is 2.71 bits per heavy atom. The number of nitrogens with zero attached hydrogens (tertiary/aromatic N) is 5. The van der Waals surface area contributed by atoms with E-state index in [9.17, 15) is 0 Å². The predicted molar refractivity (Wildman–Crippen MR) is 127 cm³/mol. The fraction of sp³-hybridized carbons (Fsp3) is 0.682. The smallest absolute Gasteiger partial charge is 0.191 e. The molecule has 1 fully saturated rings. The predicted octanol–water partition coefficient (Wildman–Crippen LogP) is 3.18. The molecule has 2 aromatic rings. The first-order valence-electron chi connectivity index (χ1n) is 11.3. The number of aryl methyl sites for hydroxylation is 1. The van der Waals surface area contributed by atoms with Crippen LogP contribution in [0.15, 0.2) is 33.0 Å². The molecule has 1 atom stereocenters. The summed E-state index contributed by atoms with van der Waals surface area (Å²) in [6.45, 7) is 9.25. The van der Waals surface area contributed by atoms with E-state index in [0.29, 0.717) is 5.92 Å². The van der Waals surface area contributed by atoms with Gasteiger partial charge in [-0.2, -0.15) is 0 Å². The van der Waals surface area contributed by atoms with Crippen molar-refractivity contribution in [2.75, 3.05) is 39.5 Å². The molecule has 0 saturated carbocycles. The monoisotopic (exact) mass is 447 g/mol. The van der Waals surface area contributed by atoms with Crippen LogP contribution in [0.4, 0.5) is 0 Å². The van der Waals surface area contributed by atoms with Crippen LogP contribution in [0.5, 0.6) is 0 Å². The van der Waals surface area contributed by atoms with E-state index in [4.69, 9.17) is 4.42 Å². The van der Waals surface area contributed by atoms with Gasteiger partial charge in [-0.05, 0) is 56.7 Å². The van der Waals surface area contributed by atoms with Crippen molar-refractivity contribution in [2.45, 2.75) is 57.3 Å². The van der Waals surface area contributed by atoms with Gasteiger partial charge in [0.2, 0.25) is 0 Å². The number of hydrogen-bond donors (Lipinski definition) is 2. The quantitative estimate of drug-likeness (QED) is 0.237. The Kier molecular flexibility index (Phi) is 9.27. The van der Waals surface area contributed by atoms with E-state index in [-0.39, 0.29) is 6.04 Å². The maximum atomic E-state index is 5.71. The number of nitrogens with one attached hydrogen (secondary N) is 2. The molecule has 3 rings (SSSR count). The van der Waals surface area contributed by atoms with Gasteiger partial charge in [-0.25, -0.2) is 0 Å². The summed E-state index contributed by atoms with van der Waals surface area (Å²) in [4.78, 5) is 6.89. The van der Waals surface area contributed by atoms with Crippen LogP contribution in [0.1, 0.15) is 50.7 Å². The number of aliphatic imine (C=N–C) groups is 1. The van der Waals surface area contributed by atoms with Crippen molar-refractivity contribution in [1.82, 2.24) is 30.3 Å². The van der Waals surface area contributed by atoms with Gasteiger partial charge in [0.1, 0.15) is 11.6 Å². The van der Waals surface area contributed by atoms with Gasteiger partial charge < -0.3 is 19.6 Å². The summed E-state index contributed by atoms with van der Waals surface area (Å²) < 4.78 is 7.97. The average molecular weight is 448 g/mol. The maximum absolute atomic E-state index is 5.71. The van der Waals surface area contributed by atoms with E-state index in [2.05, 4.69) is 61.5 Å². The molecule has 0 spiro atoms. The van der Waals surface area contributed by atoms with Crippen LogP contribution >= 0.6 is 11.8 Å². The first-order valence-corrected chi connectivity index (χ1v) is 12.5. The van der Waals surface area contributed by atoms with Crippen LogP contribution in [0.2, 0.25) is 0 Å². The molecule has 172 valence electrons. The Bertz CT molecular complexity index is 797.